The van der Waals surface area contributed by atoms with E-state index in [2.05, 4.69) is 61.8 Å². The van der Waals surface area contributed by atoms with E-state index in [-0.39, 0.29) is 44.1 Å². The first-order valence-electron chi connectivity index (χ1n) is 21.2. The molecule has 0 unspecified atom stereocenters. The Kier molecular flexibility index (Phi) is 12.1. The normalized spacial score (nSPS) is 25.8. The van der Waals surface area contributed by atoms with Crippen LogP contribution in [0, 0.1) is 0 Å². The minimum absolute atomic E-state index is 0. The summed E-state index contributed by atoms with van der Waals surface area (Å²) >= 11 is 13.1. The molecule has 8 atom stereocenters. The highest BCUT2D eigenvalue weighted by Gasteiger charge is 2.57. The van der Waals surface area contributed by atoms with Crippen molar-refractivity contribution >= 4 is 93.2 Å². The lowest BCUT2D eigenvalue weighted by molar-refractivity contribution is -0.199. The Labute approximate surface area is 406 Å². The highest BCUT2D eigenvalue weighted by molar-refractivity contribution is 9.10. The van der Waals surface area contributed by atoms with Gasteiger partial charge in [0.1, 0.15) is 96.3 Å². The van der Waals surface area contributed by atoms with Crippen LogP contribution in [0.2, 0.25) is 5.15 Å². The molecule has 0 saturated carbocycles. The van der Waals surface area contributed by atoms with Crippen LogP contribution in [0.15, 0.2) is 107 Å². The number of halogens is 3. The molecule has 17 nitrogen and oxygen atoms in total. The summed E-state index contributed by atoms with van der Waals surface area (Å²) in [5.74, 6) is 0.392. The molecule has 4 saturated heterocycles. The van der Waals surface area contributed by atoms with Gasteiger partial charge in [0, 0.05) is 56.6 Å². The van der Waals surface area contributed by atoms with Crippen molar-refractivity contribution in [1.29, 1.82) is 0 Å². The fraction of sp³-hybridized carbons (Fsp3) is 0.362. The first-order valence-corrected chi connectivity index (χ1v) is 23.1. The maximum Gasteiger partial charge on any atom is 0.164 e. The fourth-order valence-corrected chi connectivity index (χ4v) is 9.95. The van der Waals surface area contributed by atoms with Crippen LogP contribution in [-0.4, -0.2) is 100 Å². The quantitative estimate of drug-likeness (QED) is 0.142. The number of nitrogens with two attached hydrogens (primary N) is 1. The largest absolute Gasteiger partial charge is 0.491 e. The third-order valence-corrected chi connectivity index (χ3v) is 13.0. The second-order valence-corrected chi connectivity index (χ2v) is 19.4. The van der Waals surface area contributed by atoms with E-state index in [1.165, 1.54) is 12.7 Å². The summed E-state index contributed by atoms with van der Waals surface area (Å²) in [5.41, 5.74) is 9.10. The lowest BCUT2D eigenvalue weighted by atomic mass is 10.1. The Morgan fingerprint density at radius 2 is 1.07 bits per heavy atom. The zero-order chi connectivity index (χ0) is 45.5. The lowest BCUT2D eigenvalue weighted by Gasteiger charge is -2.25. The third-order valence-electron chi connectivity index (χ3n) is 11.9. The van der Waals surface area contributed by atoms with E-state index in [9.17, 15) is 0 Å². The Morgan fingerprint density at radius 1 is 0.612 bits per heavy atom. The Bertz CT molecular complexity index is 2930. The number of rotatable bonds is 8. The Balaban J connectivity index is 0.000000154. The van der Waals surface area contributed by atoms with Crippen molar-refractivity contribution in [3.8, 4) is 11.5 Å². The minimum atomic E-state index is -0.731. The zero-order valence-electron chi connectivity index (χ0n) is 35.8. The highest BCUT2D eigenvalue weighted by atomic mass is 79.9. The number of anilines is 1. The number of fused-ring (bicyclic) bond motifs is 6. The summed E-state index contributed by atoms with van der Waals surface area (Å²) < 4.78 is 55.6. The molecule has 4 aliphatic rings. The molecule has 0 spiro atoms. The molecule has 12 rings (SSSR count). The highest BCUT2D eigenvalue weighted by Crippen LogP contribution is 2.46. The minimum Gasteiger partial charge on any atom is -0.491 e. The molecule has 10 heterocycles. The second kappa shape index (κ2) is 17.8. The second-order valence-electron chi connectivity index (χ2n) is 17.2. The summed E-state index contributed by atoms with van der Waals surface area (Å²) in [7, 11) is 0. The van der Waals surface area contributed by atoms with Crippen LogP contribution in [-0.2, 0) is 28.4 Å². The van der Waals surface area contributed by atoms with Crippen LogP contribution < -0.4 is 15.2 Å². The summed E-state index contributed by atoms with van der Waals surface area (Å²) in [5, 5.41) is 3.99. The fourth-order valence-electron chi connectivity index (χ4n) is 9.06. The number of aromatic nitrogens is 8. The van der Waals surface area contributed by atoms with Crippen LogP contribution in [0.25, 0.3) is 43.9 Å². The van der Waals surface area contributed by atoms with Gasteiger partial charge in [-0.25, -0.2) is 19.9 Å². The van der Waals surface area contributed by atoms with E-state index in [1.807, 2.05) is 110 Å². The molecule has 4 fully saturated rings. The number of ether oxygens (including phenoxy) is 8. The zero-order valence-corrected chi connectivity index (χ0v) is 39.8. The van der Waals surface area contributed by atoms with Gasteiger partial charge >= 0.3 is 0 Å². The van der Waals surface area contributed by atoms with Crippen LogP contribution in [0.5, 0.6) is 11.5 Å². The summed E-state index contributed by atoms with van der Waals surface area (Å²) in [6, 6.07) is 19.4. The average Bonchev–Trinajstić information content (AvgIpc) is 4.14. The third kappa shape index (κ3) is 8.81. The Morgan fingerprint density at radius 3 is 1.60 bits per heavy atom. The molecule has 20 heteroatoms. The molecule has 348 valence electrons. The van der Waals surface area contributed by atoms with E-state index in [4.69, 9.17) is 55.2 Å². The lowest BCUT2D eigenvalue weighted by Crippen LogP contribution is -2.33. The molecule has 2 N–H and O–H groups in total. The molecule has 2 aromatic carbocycles. The number of nitrogens with zero attached hydrogens (tertiary/aromatic N) is 8. The van der Waals surface area contributed by atoms with E-state index in [0.717, 1.165) is 41.5 Å². The predicted octanol–water partition coefficient (Wildman–Crippen LogP) is 9.35. The maximum absolute atomic E-state index is 6.40. The van der Waals surface area contributed by atoms with Gasteiger partial charge in [0.25, 0.3) is 0 Å². The van der Waals surface area contributed by atoms with E-state index in [0.29, 0.717) is 47.0 Å². The van der Waals surface area contributed by atoms with Gasteiger partial charge in [0.2, 0.25) is 0 Å². The van der Waals surface area contributed by atoms with Gasteiger partial charge < -0.3 is 52.8 Å². The summed E-state index contributed by atoms with van der Waals surface area (Å²) in [6.07, 6.45) is 7.40. The maximum atomic E-state index is 6.40. The number of benzene rings is 2. The van der Waals surface area contributed by atoms with Gasteiger partial charge in [-0.2, -0.15) is 0 Å². The summed E-state index contributed by atoms with van der Waals surface area (Å²) in [6.45, 7) is 8.22. The standard InChI is InChI=1S/C23H20BrClN4O4.C23H22BrN5O4.CH4/c2*1-23(2)32-18-17(10-30-14-4-3-12-7-13(24)9-26-16(12)8-14)31-22(19(18)33-23)29-6-5-15-20(25)27-11-28-21(15)29;/h3-9,11,17-19,22H,10H2,1-2H3;3-9,11,17-19,22H,10H2,1-2H3,(H2,25,27,28);1H4/t2*17-,18-,19-,22-;/m11./s1. The first kappa shape index (κ1) is 45.7. The predicted molar refractivity (Wildman–Crippen MR) is 257 cm³/mol. The number of pyridine rings is 2. The molecule has 67 heavy (non-hydrogen) atoms. The average molecular weight is 1060 g/mol. The SMILES string of the molecule is C.CC1(C)O[C@@H]2[C@H](O1)[C@@H](COc1ccc3cc(Br)cnc3c1)O[C@H]2n1ccc2c(Cl)ncnc21.CC1(C)O[C@@H]2[C@H](O1)[C@@H](COc1ccc3cc(Br)cnc3c1)O[C@H]2n1ccc2c(N)ncnc21. The van der Waals surface area contributed by atoms with Crippen molar-refractivity contribution in [3.63, 3.8) is 0 Å². The van der Waals surface area contributed by atoms with Crippen molar-refractivity contribution < 1.29 is 37.9 Å². The molecule has 6 aromatic heterocycles. The van der Waals surface area contributed by atoms with Crippen molar-refractivity contribution in [2.45, 2.75) is 95.8 Å². The number of hydrogen-bond donors (Lipinski definition) is 1. The molecule has 0 amide bonds. The van der Waals surface area contributed by atoms with Crippen molar-refractivity contribution in [2.24, 2.45) is 0 Å². The monoisotopic (exact) mass is 1060 g/mol. The van der Waals surface area contributed by atoms with Crippen LogP contribution in [0.4, 0.5) is 5.82 Å². The molecule has 0 radical (unpaired) electrons. The Hall–Kier alpha value is -5.09. The molecular weight excluding hydrogens is 1010 g/mol. The molecule has 0 aliphatic carbocycles. The first-order chi connectivity index (χ1) is 31.8. The van der Waals surface area contributed by atoms with E-state index in [1.54, 1.807) is 12.4 Å². The molecular formula is C47H46Br2ClN9O8. The van der Waals surface area contributed by atoms with Gasteiger partial charge in [-0.1, -0.05) is 19.0 Å². The molecule has 0 bridgehead atoms. The van der Waals surface area contributed by atoms with Crippen LogP contribution >= 0.6 is 43.5 Å². The van der Waals surface area contributed by atoms with Gasteiger partial charge in [0.05, 0.1) is 21.8 Å². The van der Waals surface area contributed by atoms with E-state index >= 15 is 0 Å². The smallest absolute Gasteiger partial charge is 0.164 e. The van der Waals surface area contributed by atoms with Crippen molar-refractivity contribution in [1.82, 2.24) is 39.0 Å². The topological polar surface area (TPSA) is 187 Å². The summed E-state index contributed by atoms with van der Waals surface area (Å²) in [4.78, 5) is 25.8. The van der Waals surface area contributed by atoms with Gasteiger partial charge in [-0.3, -0.25) is 9.97 Å². The molecule has 8 aromatic rings. The number of hydrogen-bond acceptors (Lipinski definition) is 15. The number of nitrogen functional groups attached to an aromatic ring is 1. The van der Waals surface area contributed by atoms with Gasteiger partial charge in [-0.15, -0.1) is 0 Å². The van der Waals surface area contributed by atoms with Gasteiger partial charge in [-0.05, 0) is 108 Å². The van der Waals surface area contributed by atoms with E-state index < -0.39 is 24.0 Å². The van der Waals surface area contributed by atoms with Gasteiger partial charge in [0.15, 0.2) is 24.0 Å². The van der Waals surface area contributed by atoms with Crippen LogP contribution in [0.1, 0.15) is 47.6 Å². The van der Waals surface area contributed by atoms with Crippen LogP contribution in [0.3, 0.4) is 0 Å². The van der Waals surface area contributed by atoms with Crippen molar-refractivity contribution in [2.75, 3.05) is 18.9 Å². The van der Waals surface area contributed by atoms with Crippen molar-refractivity contribution in [3.05, 3.63) is 112 Å². The molecule has 4 aliphatic heterocycles.